The molecule has 28 heavy (non-hydrogen) atoms. The van der Waals surface area contributed by atoms with Crippen LogP contribution in [0.1, 0.15) is 36.9 Å². The number of aliphatic hydroxyl groups is 1. The van der Waals surface area contributed by atoms with Crippen LogP contribution in [0.4, 0.5) is 11.5 Å². The van der Waals surface area contributed by atoms with Crippen molar-refractivity contribution >= 4 is 28.1 Å². The van der Waals surface area contributed by atoms with Crippen molar-refractivity contribution in [2.24, 2.45) is 0 Å². The number of nitrogens with one attached hydrogen (secondary N) is 1. The zero-order valence-electron chi connectivity index (χ0n) is 16.2. The van der Waals surface area contributed by atoms with E-state index in [0.29, 0.717) is 0 Å². The monoisotopic (exact) mass is 372 g/mol. The van der Waals surface area contributed by atoms with Crippen LogP contribution in [-0.4, -0.2) is 19.7 Å². The molecule has 0 spiro atoms. The van der Waals surface area contributed by atoms with Gasteiger partial charge in [0.1, 0.15) is 5.82 Å². The number of anilines is 2. The van der Waals surface area contributed by atoms with Crippen molar-refractivity contribution in [2.75, 3.05) is 5.32 Å². The highest BCUT2D eigenvalue weighted by Crippen LogP contribution is 2.37. The average Bonchev–Trinajstić information content (AvgIpc) is 3.06. The van der Waals surface area contributed by atoms with Gasteiger partial charge in [-0.1, -0.05) is 50.3 Å². The van der Waals surface area contributed by atoms with Crippen LogP contribution in [0.3, 0.4) is 0 Å². The second kappa shape index (κ2) is 7.35. The molecule has 0 aliphatic rings. The highest BCUT2D eigenvalue weighted by atomic mass is 16.3. The van der Waals surface area contributed by atoms with Crippen molar-refractivity contribution in [3.8, 4) is 0 Å². The number of allylic oxidation sites excluding steroid dienone is 1. The van der Waals surface area contributed by atoms with Gasteiger partial charge in [0.15, 0.2) is 5.65 Å². The predicted octanol–water partition coefficient (Wildman–Crippen LogP) is 5.89. The highest BCUT2D eigenvalue weighted by molar-refractivity contribution is 5.93. The Hall–Kier alpha value is -3.34. The first kappa shape index (κ1) is 18.0. The fourth-order valence-electron chi connectivity index (χ4n) is 3.75. The molecule has 5 heteroatoms. The third-order valence-electron chi connectivity index (χ3n) is 5.05. The Morgan fingerprint density at radius 2 is 1.86 bits per heavy atom. The lowest BCUT2D eigenvalue weighted by Crippen LogP contribution is -2.13. The Morgan fingerprint density at radius 3 is 2.57 bits per heavy atom. The Kier molecular flexibility index (Phi) is 4.74. The number of benzene rings is 2. The van der Waals surface area contributed by atoms with Crippen LogP contribution >= 0.6 is 0 Å². The smallest absolute Gasteiger partial charge is 0.165 e. The van der Waals surface area contributed by atoms with Crippen LogP contribution in [0, 0.1) is 6.92 Å². The third kappa shape index (κ3) is 3.09. The topological polar surface area (TPSA) is 62.5 Å². The summed E-state index contributed by atoms with van der Waals surface area (Å²) in [7, 11) is 0. The molecule has 0 aliphatic heterocycles. The molecule has 2 heterocycles. The van der Waals surface area contributed by atoms with Crippen molar-refractivity contribution in [3.63, 3.8) is 0 Å². The van der Waals surface area contributed by atoms with E-state index in [1.165, 1.54) is 0 Å². The van der Waals surface area contributed by atoms with Gasteiger partial charge < -0.3 is 10.4 Å². The van der Waals surface area contributed by atoms with E-state index in [2.05, 4.69) is 18.8 Å². The zero-order chi connectivity index (χ0) is 19.7. The molecule has 1 atom stereocenters. The minimum Gasteiger partial charge on any atom is -0.512 e. The first-order valence-corrected chi connectivity index (χ1v) is 9.58. The minimum atomic E-state index is -0.208. The van der Waals surface area contributed by atoms with Crippen molar-refractivity contribution in [1.82, 2.24) is 14.6 Å². The third-order valence-corrected chi connectivity index (χ3v) is 5.05. The fraction of sp³-hybridized carbons (Fsp3) is 0.217. The Labute approximate surface area is 164 Å². The number of aryl methyl sites for hydroxylation is 1. The summed E-state index contributed by atoms with van der Waals surface area (Å²) in [6.45, 7) is 7.92. The summed E-state index contributed by atoms with van der Waals surface area (Å²) < 4.78 is 1.85. The Bertz CT molecular complexity index is 1150. The van der Waals surface area contributed by atoms with Gasteiger partial charge in [0.05, 0.1) is 11.3 Å². The molecular formula is C23H24N4O. The molecule has 0 saturated carbocycles. The van der Waals surface area contributed by atoms with Crippen molar-refractivity contribution < 1.29 is 5.11 Å². The van der Waals surface area contributed by atoms with Crippen LogP contribution in [0.5, 0.6) is 0 Å². The molecular weight excluding hydrogens is 348 g/mol. The number of aliphatic hydroxyl groups excluding tert-OH is 1. The Morgan fingerprint density at radius 1 is 1.14 bits per heavy atom. The number of rotatable bonds is 6. The Balaban J connectivity index is 2.03. The molecule has 0 amide bonds. The summed E-state index contributed by atoms with van der Waals surface area (Å²) in [6.07, 6.45) is 1.71. The lowest BCUT2D eigenvalue weighted by Gasteiger charge is -2.22. The summed E-state index contributed by atoms with van der Waals surface area (Å²) in [5.41, 5.74) is 4.43. The van der Waals surface area contributed by atoms with Gasteiger partial charge >= 0.3 is 0 Å². The van der Waals surface area contributed by atoms with E-state index in [1.807, 2.05) is 66.0 Å². The molecule has 5 nitrogen and oxygen atoms in total. The SMILES string of the molecule is C=C(O)C(CCC)c1c(C)nc2c3ccccc3nn2c1Nc1ccccc1. The van der Waals surface area contributed by atoms with Gasteiger partial charge in [-0.25, -0.2) is 4.98 Å². The van der Waals surface area contributed by atoms with Gasteiger partial charge in [-0.2, -0.15) is 9.61 Å². The average molecular weight is 372 g/mol. The van der Waals surface area contributed by atoms with Crippen LogP contribution in [0.25, 0.3) is 16.6 Å². The van der Waals surface area contributed by atoms with Gasteiger partial charge in [-0.15, -0.1) is 0 Å². The molecule has 2 N–H and O–H groups in total. The summed E-state index contributed by atoms with van der Waals surface area (Å²) in [6, 6.07) is 18.0. The first-order valence-electron chi connectivity index (χ1n) is 9.58. The van der Waals surface area contributed by atoms with Crippen LogP contribution in [-0.2, 0) is 0 Å². The first-order chi connectivity index (χ1) is 13.6. The molecule has 142 valence electrons. The molecule has 0 radical (unpaired) electrons. The molecule has 1 unspecified atom stereocenters. The van der Waals surface area contributed by atoms with Crippen molar-refractivity contribution in [2.45, 2.75) is 32.6 Å². The van der Waals surface area contributed by atoms with E-state index in [1.54, 1.807) is 0 Å². The number of nitrogens with zero attached hydrogens (tertiary/aromatic N) is 3. The number of aromatic nitrogens is 3. The van der Waals surface area contributed by atoms with E-state index < -0.39 is 0 Å². The largest absolute Gasteiger partial charge is 0.512 e. The second-order valence-corrected chi connectivity index (χ2v) is 7.04. The molecule has 0 bridgehead atoms. The maximum absolute atomic E-state index is 10.3. The van der Waals surface area contributed by atoms with Crippen LogP contribution in [0.2, 0.25) is 0 Å². The van der Waals surface area contributed by atoms with E-state index in [4.69, 9.17) is 10.1 Å². The fourth-order valence-corrected chi connectivity index (χ4v) is 3.75. The maximum atomic E-state index is 10.3. The lowest BCUT2D eigenvalue weighted by atomic mass is 9.92. The van der Waals surface area contributed by atoms with Crippen molar-refractivity contribution in [3.05, 3.63) is 78.2 Å². The molecule has 4 aromatic rings. The number of hydrogen-bond acceptors (Lipinski definition) is 4. The predicted molar refractivity (Wildman–Crippen MR) is 114 cm³/mol. The zero-order valence-corrected chi connectivity index (χ0v) is 16.2. The molecule has 4 rings (SSSR count). The van der Waals surface area contributed by atoms with E-state index in [9.17, 15) is 5.11 Å². The number of hydrogen-bond donors (Lipinski definition) is 2. The maximum Gasteiger partial charge on any atom is 0.165 e. The molecule has 0 aliphatic carbocycles. The van der Waals surface area contributed by atoms with Gasteiger partial charge in [0.2, 0.25) is 0 Å². The molecule has 0 saturated heterocycles. The summed E-state index contributed by atoms with van der Waals surface area (Å²) >= 11 is 0. The van der Waals surface area contributed by atoms with E-state index in [-0.39, 0.29) is 11.7 Å². The second-order valence-electron chi connectivity index (χ2n) is 7.04. The number of para-hydroxylation sites is 1. The standard InChI is InChI=1S/C23H24N4O/c1-4-10-18(16(3)28)21-15(2)24-22-19-13-8-9-14-20(19)26-27(22)23(21)25-17-11-6-5-7-12-17/h5-9,11-14,18,25,28H,3-4,10H2,1-2H3. The minimum absolute atomic E-state index is 0.152. The number of fused-ring (bicyclic) bond motifs is 3. The van der Waals surface area contributed by atoms with Crippen LogP contribution < -0.4 is 5.32 Å². The van der Waals surface area contributed by atoms with E-state index >= 15 is 0 Å². The van der Waals surface area contributed by atoms with Crippen LogP contribution in [0.15, 0.2) is 66.9 Å². The van der Waals surface area contributed by atoms with Gasteiger partial charge in [-0.3, -0.25) is 0 Å². The summed E-state index contributed by atoms with van der Waals surface area (Å²) in [4.78, 5) is 4.86. The molecule has 0 fully saturated rings. The van der Waals surface area contributed by atoms with E-state index in [0.717, 1.165) is 52.2 Å². The normalized spacial score (nSPS) is 12.4. The molecule has 2 aromatic carbocycles. The summed E-state index contributed by atoms with van der Waals surface area (Å²) in [5.74, 6) is 0.762. The van der Waals surface area contributed by atoms with Gasteiger partial charge in [0.25, 0.3) is 0 Å². The summed E-state index contributed by atoms with van der Waals surface area (Å²) in [5, 5.41) is 19.7. The van der Waals surface area contributed by atoms with Gasteiger partial charge in [-0.05, 0) is 37.6 Å². The highest BCUT2D eigenvalue weighted by Gasteiger charge is 2.25. The van der Waals surface area contributed by atoms with Crippen molar-refractivity contribution in [1.29, 1.82) is 0 Å². The van der Waals surface area contributed by atoms with Gasteiger partial charge in [0, 0.05) is 28.2 Å². The lowest BCUT2D eigenvalue weighted by molar-refractivity contribution is 0.360. The molecule has 2 aromatic heterocycles. The quantitative estimate of drug-likeness (QED) is 0.414.